The Kier molecular flexibility index (Phi) is 2.23. The van der Waals surface area contributed by atoms with Gasteiger partial charge in [0.2, 0.25) is 0 Å². The molecule has 5 nitrogen and oxygen atoms in total. The summed E-state index contributed by atoms with van der Waals surface area (Å²) in [5.41, 5.74) is 0.824. The molecular weight excluding hydrogens is 234 g/mol. The quantitative estimate of drug-likeness (QED) is 0.806. The summed E-state index contributed by atoms with van der Waals surface area (Å²) in [4.78, 5) is 35.9. The molecule has 1 aliphatic carbocycles. The van der Waals surface area contributed by atoms with Crippen molar-refractivity contribution in [2.24, 2.45) is 11.8 Å². The van der Waals surface area contributed by atoms with Gasteiger partial charge in [0.15, 0.2) is 0 Å². The fourth-order valence-electron chi connectivity index (χ4n) is 2.39. The second-order valence-corrected chi connectivity index (χ2v) is 4.71. The van der Waals surface area contributed by atoms with Crippen molar-refractivity contribution in [3.05, 3.63) is 35.4 Å². The Morgan fingerprint density at radius 2 is 1.78 bits per heavy atom. The highest BCUT2D eigenvalue weighted by Gasteiger charge is 2.47. The normalized spacial score (nSPS) is 25.2. The molecule has 1 saturated carbocycles. The first-order valence-corrected chi connectivity index (χ1v) is 5.77. The van der Waals surface area contributed by atoms with Crippen molar-refractivity contribution in [2.75, 3.05) is 6.54 Å². The highest BCUT2D eigenvalue weighted by Crippen LogP contribution is 2.40. The predicted molar refractivity (Wildman–Crippen MR) is 61.0 cm³/mol. The molecule has 0 aromatic heterocycles. The van der Waals surface area contributed by atoms with E-state index in [0.717, 1.165) is 4.90 Å². The summed E-state index contributed by atoms with van der Waals surface area (Å²) in [6, 6.07) is 6.67. The number of nitrogens with zero attached hydrogens (tertiary/aromatic N) is 1. The van der Waals surface area contributed by atoms with Gasteiger partial charge in [0.25, 0.3) is 11.8 Å². The molecule has 0 radical (unpaired) electrons. The topological polar surface area (TPSA) is 74.7 Å². The van der Waals surface area contributed by atoms with Crippen LogP contribution in [-0.4, -0.2) is 34.3 Å². The largest absolute Gasteiger partial charge is 0.481 e. The molecule has 1 heterocycles. The number of rotatable bonds is 3. The summed E-state index contributed by atoms with van der Waals surface area (Å²) in [5.74, 6) is -1.98. The lowest BCUT2D eigenvalue weighted by molar-refractivity contribution is -0.138. The third-order valence-corrected chi connectivity index (χ3v) is 3.54. The van der Waals surface area contributed by atoms with Crippen LogP contribution in [0.1, 0.15) is 27.1 Å². The van der Waals surface area contributed by atoms with Gasteiger partial charge in [-0.25, -0.2) is 0 Å². The lowest BCUT2D eigenvalue weighted by Gasteiger charge is -2.12. The molecule has 5 heteroatoms. The Morgan fingerprint density at radius 1 is 1.22 bits per heavy atom. The van der Waals surface area contributed by atoms with E-state index in [0.29, 0.717) is 17.5 Å². The maximum Gasteiger partial charge on any atom is 0.306 e. The van der Waals surface area contributed by atoms with Gasteiger partial charge in [0.05, 0.1) is 17.0 Å². The van der Waals surface area contributed by atoms with Crippen molar-refractivity contribution in [3.63, 3.8) is 0 Å². The second kappa shape index (κ2) is 3.66. The van der Waals surface area contributed by atoms with Crippen LogP contribution < -0.4 is 0 Å². The minimum atomic E-state index is -0.850. The van der Waals surface area contributed by atoms with Crippen molar-refractivity contribution in [2.45, 2.75) is 6.42 Å². The molecule has 1 fully saturated rings. The highest BCUT2D eigenvalue weighted by molar-refractivity contribution is 6.21. The standard InChI is InChI=1S/C13H11NO4/c15-11-8-3-1-2-4-9(8)12(16)14(11)6-7-5-10(7)13(17)18/h1-4,7,10H,5-6H2,(H,17,18). The van der Waals surface area contributed by atoms with Crippen LogP contribution in [0, 0.1) is 11.8 Å². The molecule has 18 heavy (non-hydrogen) atoms. The van der Waals surface area contributed by atoms with Crippen molar-refractivity contribution < 1.29 is 19.5 Å². The van der Waals surface area contributed by atoms with Gasteiger partial charge in [-0.3, -0.25) is 19.3 Å². The Morgan fingerprint density at radius 3 is 2.22 bits per heavy atom. The van der Waals surface area contributed by atoms with Crippen molar-refractivity contribution in [1.29, 1.82) is 0 Å². The fraction of sp³-hybridized carbons (Fsp3) is 0.308. The summed E-state index contributed by atoms with van der Waals surface area (Å²) in [6.07, 6.45) is 0.544. The third-order valence-electron chi connectivity index (χ3n) is 3.54. The average Bonchev–Trinajstić information content (AvgIpc) is 3.09. The monoisotopic (exact) mass is 245 g/mol. The summed E-state index contributed by atoms with van der Waals surface area (Å²) < 4.78 is 0. The van der Waals surface area contributed by atoms with Crippen molar-refractivity contribution >= 4 is 17.8 Å². The molecule has 0 saturated heterocycles. The first-order chi connectivity index (χ1) is 8.59. The molecular formula is C13H11NO4. The van der Waals surface area contributed by atoms with Crippen LogP contribution in [0.2, 0.25) is 0 Å². The zero-order valence-corrected chi connectivity index (χ0v) is 9.50. The molecule has 0 spiro atoms. The Bertz CT molecular complexity index is 531. The number of amides is 2. The van der Waals surface area contributed by atoms with Gasteiger partial charge in [0.1, 0.15) is 0 Å². The van der Waals surface area contributed by atoms with Crippen LogP contribution in [0.25, 0.3) is 0 Å². The van der Waals surface area contributed by atoms with Crippen LogP contribution >= 0.6 is 0 Å². The molecule has 0 bridgehead atoms. The number of hydrogen-bond acceptors (Lipinski definition) is 3. The number of aliphatic carboxylic acids is 1. The number of benzene rings is 1. The lowest BCUT2D eigenvalue weighted by atomic mass is 10.1. The lowest BCUT2D eigenvalue weighted by Crippen LogP contribution is -2.32. The summed E-state index contributed by atoms with van der Waals surface area (Å²) in [7, 11) is 0. The van der Waals surface area contributed by atoms with Crippen LogP contribution in [0.5, 0.6) is 0 Å². The molecule has 2 unspecified atom stereocenters. The highest BCUT2D eigenvalue weighted by atomic mass is 16.4. The molecule has 92 valence electrons. The van der Waals surface area contributed by atoms with Crippen LogP contribution in [0.3, 0.4) is 0 Å². The van der Waals surface area contributed by atoms with E-state index in [9.17, 15) is 14.4 Å². The number of hydrogen-bond donors (Lipinski definition) is 1. The molecule has 1 aliphatic heterocycles. The fourth-order valence-corrected chi connectivity index (χ4v) is 2.39. The molecule has 2 amide bonds. The van der Waals surface area contributed by atoms with Crippen molar-refractivity contribution in [1.82, 2.24) is 4.90 Å². The third kappa shape index (κ3) is 1.51. The first-order valence-electron chi connectivity index (χ1n) is 5.77. The van der Waals surface area contributed by atoms with E-state index in [1.54, 1.807) is 24.3 Å². The predicted octanol–water partition coefficient (Wildman–Crippen LogP) is 1.00. The summed E-state index contributed by atoms with van der Waals surface area (Å²) in [6.45, 7) is 0.212. The summed E-state index contributed by atoms with van der Waals surface area (Å²) >= 11 is 0. The maximum absolute atomic E-state index is 12.0. The Labute approximate surface area is 103 Å². The molecule has 1 aromatic carbocycles. The van der Waals surface area contributed by atoms with Crippen molar-refractivity contribution in [3.8, 4) is 0 Å². The smallest absolute Gasteiger partial charge is 0.306 e. The number of fused-ring (bicyclic) bond motifs is 1. The van der Waals surface area contributed by atoms with E-state index in [1.165, 1.54) is 0 Å². The Balaban J connectivity index is 1.79. The van der Waals surface area contributed by atoms with Gasteiger partial charge >= 0.3 is 5.97 Å². The van der Waals surface area contributed by atoms with Gasteiger partial charge in [-0.1, -0.05) is 12.1 Å². The zero-order chi connectivity index (χ0) is 12.9. The number of carboxylic acids is 1. The minimum Gasteiger partial charge on any atom is -0.481 e. The van der Waals surface area contributed by atoms with E-state index < -0.39 is 11.9 Å². The van der Waals surface area contributed by atoms with E-state index in [1.807, 2.05) is 0 Å². The van der Waals surface area contributed by atoms with Gasteiger partial charge in [-0.15, -0.1) is 0 Å². The zero-order valence-electron chi connectivity index (χ0n) is 9.50. The SMILES string of the molecule is O=C(O)C1CC1CN1C(=O)c2ccccc2C1=O. The van der Waals surface area contributed by atoms with E-state index in [4.69, 9.17) is 5.11 Å². The molecule has 1 N–H and O–H groups in total. The molecule has 2 aliphatic rings. The van der Waals surface area contributed by atoms with Gasteiger partial charge in [0, 0.05) is 6.54 Å². The van der Waals surface area contributed by atoms with Gasteiger partial charge < -0.3 is 5.11 Å². The van der Waals surface area contributed by atoms with Crippen LogP contribution in [0.4, 0.5) is 0 Å². The van der Waals surface area contributed by atoms with Crippen LogP contribution in [0.15, 0.2) is 24.3 Å². The van der Waals surface area contributed by atoms with Crippen LogP contribution in [-0.2, 0) is 4.79 Å². The number of imide groups is 1. The molecule has 3 rings (SSSR count). The molecule has 2 atom stereocenters. The molecule has 1 aromatic rings. The van der Waals surface area contributed by atoms with E-state index >= 15 is 0 Å². The average molecular weight is 245 g/mol. The number of carboxylic acid groups (broad SMARTS) is 1. The Hall–Kier alpha value is -2.17. The number of carbonyl (C=O) groups excluding carboxylic acids is 2. The van der Waals surface area contributed by atoms with Gasteiger partial charge in [-0.2, -0.15) is 0 Å². The van der Waals surface area contributed by atoms with E-state index in [2.05, 4.69) is 0 Å². The van der Waals surface area contributed by atoms with Gasteiger partial charge in [-0.05, 0) is 24.5 Å². The summed E-state index contributed by atoms with van der Waals surface area (Å²) in [5, 5.41) is 8.81. The number of carbonyl (C=O) groups is 3. The first kappa shape index (κ1) is 11.0. The van der Waals surface area contributed by atoms with E-state index in [-0.39, 0.29) is 24.3 Å². The minimum absolute atomic E-state index is 0.0929. The maximum atomic E-state index is 12.0. The second-order valence-electron chi connectivity index (χ2n) is 4.71.